The zero-order valence-electron chi connectivity index (χ0n) is 10.3. The minimum atomic E-state index is -0.140. The highest BCUT2D eigenvalue weighted by Gasteiger charge is 2.01. The molecule has 0 aliphatic heterocycles. The molecular weight excluding hydrogens is 277 g/mol. The normalized spacial score (nSPS) is 10.4. The standard InChI is InChI=1S/C15H14FNS2/c16-14-4-2-1-3-13(14)10-19-9-11-5-7-12(8-6-11)15(17)18/h1-8H,9-10H2,(H2,17,18). The van der Waals surface area contributed by atoms with Crippen LogP contribution in [0.5, 0.6) is 0 Å². The second kappa shape index (κ2) is 6.68. The summed E-state index contributed by atoms with van der Waals surface area (Å²) >= 11 is 6.59. The molecule has 2 rings (SSSR count). The summed E-state index contributed by atoms with van der Waals surface area (Å²) in [5.41, 5.74) is 8.34. The Bertz CT molecular complexity index is 567. The minimum Gasteiger partial charge on any atom is -0.389 e. The molecule has 0 amide bonds. The van der Waals surface area contributed by atoms with Crippen LogP contribution in [0.3, 0.4) is 0 Å². The molecule has 0 aromatic heterocycles. The van der Waals surface area contributed by atoms with Gasteiger partial charge >= 0.3 is 0 Å². The largest absolute Gasteiger partial charge is 0.389 e. The maximum Gasteiger partial charge on any atom is 0.127 e. The van der Waals surface area contributed by atoms with E-state index in [0.29, 0.717) is 10.7 Å². The quantitative estimate of drug-likeness (QED) is 0.846. The summed E-state index contributed by atoms with van der Waals surface area (Å²) in [5, 5.41) is 0. The number of benzene rings is 2. The van der Waals surface area contributed by atoms with Crippen LogP contribution in [0.4, 0.5) is 4.39 Å². The Labute approximate surface area is 122 Å². The van der Waals surface area contributed by atoms with Crippen molar-refractivity contribution in [3.8, 4) is 0 Å². The highest BCUT2D eigenvalue weighted by Crippen LogP contribution is 2.19. The van der Waals surface area contributed by atoms with Crippen LogP contribution < -0.4 is 5.73 Å². The van der Waals surface area contributed by atoms with Crippen molar-refractivity contribution in [1.82, 2.24) is 0 Å². The summed E-state index contributed by atoms with van der Waals surface area (Å²) < 4.78 is 13.4. The molecule has 4 heteroatoms. The first-order valence-electron chi connectivity index (χ1n) is 5.86. The Morgan fingerprint density at radius 2 is 1.74 bits per heavy atom. The van der Waals surface area contributed by atoms with E-state index in [9.17, 15) is 4.39 Å². The Morgan fingerprint density at radius 1 is 1.05 bits per heavy atom. The van der Waals surface area contributed by atoms with Gasteiger partial charge in [-0.25, -0.2) is 4.39 Å². The van der Waals surface area contributed by atoms with E-state index in [-0.39, 0.29) is 5.82 Å². The maximum absolute atomic E-state index is 13.4. The first-order valence-corrected chi connectivity index (χ1v) is 7.43. The molecule has 0 saturated carbocycles. The van der Waals surface area contributed by atoms with Gasteiger partial charge in [0.15, 0.2) is 0 Å². The lowest BCUT2D eigenvalue weighted by molar-refractivity contribution is 0.617. The van der Waals surface area contributed by atoms with Crippen LogP contribution in [0.1, 0.15) is 16.7 Å². The van der Waals surface area contributed by atoms with E-state index in [4.69, 9.17) is 18.0 Å². The predicted octanol–water partition coefficient (Wildman–Crippen LogP) is 3.89. The van der Waals surface area contributed by atoms with Gasteiger partial charge in [0, 0.05) is 17.1 Å². The molecule has 2 aromatic rings. The molecule has 0 unspecified atom stereocenters. The minimum absolute atomic E-state index is 0.140. The van der Waals surface area contributed by atoms with Gasteiger partial charge < -0.3 is 5.73 Å². The van der Waals surface area contributed by atoms with Gasteiger partial charge in [0.2, 0.25) is 0 Å². The molecule has 2 N–H and O–H groups in total. The van der Waals surface area contributed by atoms with Gasteiger partial charge in [-0.3, -0.25) is 0 Å². The summed E-state index contributed by atoms with van der Waals surface area (Å²) in [6, 6.07) is 14.7. The lowest BCUT2D eigenvalue weighted by Gasteiger charge is -2.04. The SMILES string of the molecule is NC(=S)c1ccc(CSCc2ccccc2F)cc1. The average molecular weight is 291 g/mol. The zero-order valence-corrected chi connectivity index (χ0v) is 11.9. The second-order valence-corrected chi connectivity index (χ2v) is 5.57. The Morgan fingerprint density at radius 3 is 2.37 bits per heavy atom. The van der Waals surface area contributed by atoms with E-state index in [2.05, 4.69) is 0 Å². The van der Waals surface area contributed by atoms with E-state index in [1.807, 2.05) is 36.4 Å². The molecule has 19 heavy (non-hydrogen) atoms. The second-order valence-electron chi connectivity index (χ2n) is 4.15. The van der Waals surface area contributed by atoms with Gasteiger partial charge in [0.25, 0.3) is 0 Å². The number of halogens is 1. The van der Waals surface area contributed by atoms with Crippen LogP contribution in [0.15, 0.2) is 48.5 Å². The molecule has 0 aliphatic rings. The van der Waals surface area contributed by atoms with E-state index >= 15 is 0 Å². The van der Waals surface area contributed by atoms with Crippen LogP contribution in [0, 0.1) is 5.82 Å². The summed E-state index contributed by atoms with van der Waals surface area (Å²) in [4.78, 5) is 0.408. The van der Waals surface area contributed by atoms with Crippen molar-refractivity contribution in [1.29, 1.82) is 0 Å². The number of rotatable bonds is 5. The average Bonchev–Trinajstić information content (AvgIpc) is 2.41. The maximum atomic E-state index is 13.4. The van der Waals surface area contributed by atoms with Crippen molar-refractivity contribution < 1.29 is 4.39 Å². The number of nitrogens with two attached hydrogens (primary N) is 1. The van der Waals surface area contributed by atoms with Crippen molar-refractivity contribution >= 4 is 29.0 Å². The monoisotopic (exact) mass is 291 g/mol. The third-order valence-electron chi connectivity index (χ3n) is 2.72. The number of thiocarbonyl (C=S) groups is 1. The first-order chi connectivity index (χ1) is 9.16. The molecule has 2 aromatic carbocycles. The van der Waals surface area contributed by atoms with Crippen molar-refractivity contribution in [2.45, 2.75) is 11.5 Å². The molecule has 0 spiro atoms. The first kappa shape index (κ1) is 14.0. The lowest BCUT2D eigenvalue weighted by atomic mass is 10.1. The van der Waals surface area contributed by atoms with Gasteiger partial charge in [0.05, 0.1) is 0 Å². The lowest BCUT2D eigenvalue weighted by Crippen LogP contribution is -2.08. The van der Waals surface area contributed by atoms with Crippen molar-refractivity contribution in [2.24, 2.45) is 5.73 Å². The molecule has 0 atom stereocenters. The summed E-state index contributed by atoms with van der Waals surface area (Å²) in [5.74, 6) is 1.37. The highest BCUT2D eigenvalue weighted by atomic mass is 32.2. The van der Waals surface area contributed by atoms with Crippen LogP contribution in [-0.4, -0.2) is 4.99 Å². The number of thioether (sulfide) groups is 1. The van der Waals surface area contributed by atoms with Crippen LogP contribution in [-0.2, 0) is 11.5 Å². The van der Waals surface area contributed by atoms with E-state index in [1.54, 1.807) is 17.8 Å². The Kier molecular flexibility index (Phi) is 4.93. The van der Waals surface area contributed by atoms with E-state index in [1.165, 1.54) is 11.6 Å². The van der Waals surface area contributed by atoms with Crippen molar-refractivity contribution in [3.63, 3.8) is 0 Å². The predicted molar refractivity (Wildman–Crippen MR) is 83.7 cm³/mol. The number of hydrogen-bond acceptors (Lipinski definition) is 2. The zero-order chi connectivity index (χ0) is 13.7. The molecule has 0 bridgehead atoms. The van der Waals surface area contributed by atoms with Gasteiger partial charge in [-0.15, -0.1) is 0 Å². The Balaban J connectivity index is 1.89. The van der Waals surface area contributed by atoms with Crippen LogP contribution >= 0.6 is 24.0 Å². The molecule has 98 valence electrons. The van der Waals surface area contributed by atoms with Crippen LogP contribution in [0.25, 0.3) is 0 Å². The molecule has 1 nitrogen and oxygen atoms in total. The highest BCUT2D eigenvalue weighted by molar-refractivity contribution is 7.97. The number of hydrogen-bond donors (Lipinski definition) is 1. The summed E-state index contributed by atoms with van der Waals surface area (Å²) in [7, 11) is 0. The van der Waals surface area contributed by atoms with E-state index in [0.717, 1.165) is 16.9 Å². The summed E-state index contributed by atoms with van der Waals surface area (Å²) in [6.07, 6.45) is 0. The fraction of sp³-hybridized carbons (Fsp3) is 0.133. The molecule has 0 radical (unpaired) electrons. The third-order valence-corrected chi connectivity index (χ3v) is 4.01. The van der Waals surface area contributed by atoms with Crippen molar-refractivity contribution in [3.05, 3.63) is 71.0 Å². The van der Waals surface area contributed by atoms with Gasteiger partial charge in [-0.2, -0.15) is 11.8 Å². The fourth-order valence-electron chi connectivity index (χ4n) is 1.66. The topological polar surface area (TPSA) is 26.0 Å². The third kappa shape index (κ3) is 4.04. The molecule has 0 fully saturated rings. The molecule has 0 saturated heterocycles. The van der Waals surface area contributed by atoms with Gasteiger partial charge in [-0.05, 0) is 17.2 Å². The summed E-state index contributed by atoms with van der Waals surface area (Å²) in [6.45, 7) is 0. The van der Waals surface area contributed by atoms with Crippen LogP contribution in [0.2, 0.25) is 0 Å². The molecule has 0 aliphatic carbocycles. The van der Waals surface area contributed by atoms with Gasteiger partial charge in [-0.1, -0.05) is 54.7 Å². The smallest absolute Gasteiger partial charge is 0.127 e. The van der Waals surface area contributed by atoms with Gasteiger partial charge in [0.1, 0.15) is 10.8 Å². The Hall–Kier alpha value is -1.39. The van der Waals surface area contributed by atoms with Crippen molar-refractivity contribution in [2.75, 3.05) is 0 Å². The fourth-order valence-corrected chi connectivity index (χ4v) is 2.78. The molecule has 0 heterocycles. The molecular formula is C15H14FNS2. The van der Waals surface area contributed by atoms with E-state index < -0.39 is 0 Å².